The molecule has 0 fully saturated rings. The largest absolute Gasteiger partial charge is 0.384 e. The fraction of sp³-hybridized carbons (Fsp3) is 0.385. The molecule has 2 amide bonds. The van der Waals surface area contributed by atoms with Crippen LogP contribution >= 0.6 is 0 Å². The maximum atomic E-state index is 11.8. The van der Waals surface area contributed by atoms with E-state index in [0.717, 1.165) is 17.8 Å². The van der Waals surface area contributed by atoms with Crippen molar-refractivity contribution in [2.75, 3.05) is 11.9 Å². The summed E-state index contributed by atoms with van der Waals surface area (Å²) in [5, 5.41) is 5.86. The first-order chi connectivity index (χ1) is 8.58. The molecule has 5 heteroatoms. The smallest absolute Gasteiger partial charge is 0.239 e. The molecule has 1 aromatic rings. The first-order valence-electron chi connectivity index (χ1n) is 5.99. The number of primary amides is 1. The molecule has 0 radical (unpaired) electrons. The van der Waals surface area contributed by atoms with Crippen LogP contribution in [0.2, 0.25) is 0 Å². The van der Waals surface area contributed by atoms with Crippen LogP contribution in [0.5, 0.6) is 0 Å². The lowest BCUT2D eigenvalue weighted by atomic mass is 9.97. The number of hydrogen-bond donors (Lipinski definition) is 3. The van der Waals surface area contributed by atoms with Gasteiger partial charge in [0.25, 0.3) is 0 Å². The minimum Gasteiger partial charge on any atom is -0.384 e. The minimum absolute atomic E-state index is 0.148. The molecular weight excluding hydrogens is 230 g/mol. The highest BCUT2D eigenvalue weighted by atomic mass is 16.2. The average Bonchev–Trinajstić information content (AvgIpc) is 2.72. The van der Waals surface area contributed by atoms with Gasteiger partial charge in [-0.1, -0.05) is 18.2 Å². The highest BCUT2D eigenvalue weighted by molar-refractivity contribution is 5.86. The van der Waals surface area contributed by atoms with Gasteiger partial charge >= 0.3 is 0 Å². The van der Waals surface area contributed by atoms with Gasteiger partial charge < -0.3 is 16.4 Å². The second-order valence-corrected chi connectivity index (χ2v) is 4.56. The molecule has 0 saturated carbocycles. The van der Waals surface area contributed by atoms with Gasteiger partial charge in [-0.05, 0) is 18.6 Å². The van der Waals surface area contributed by atoms with Crippen LogP contribution < -0.4 is 16.4 Å². The summed E-state index contributed by atoms with van der Waals surface area (Å²) in [4.78, 5) is 22.6. The van der Waals surface area contributed by atoms with Crippen LogP contribution in [0.15, 0.2) is 24.3 Å². The number of fused-ring (bicyclic) bond motifs is 1. The van der Waals surface area contributed by atoms with Crippen molar-refractivity contribution in [2.45, 2.75) is 25.3 Å². The van der Waals surface area contributed by atoms with Crippen molar-refractivity contribution in [3.63, 3.8) is 0 Å². The Morgan fingerprint density at radius 3 is 2.94 bits per heavy atom. The van der Waals surface area contributed by atoms with E-state index in [1.165, 1.54) is 0 Å². The Hall–Kier alpha value is -2.04. The molecule has 96 valence electrons. The van der Waals surface area contributed by atoms with Gasteiger partial charge in [0.05, 0.1) is 0 Å². The van der Waals surface area contributed by atoms with Gasteiger partial charge in [-0.25, -0.2) is 0 Å². The van der Waals surface area contributed by atoms with Crippen LogP contribution in [-0.4, -0.2) is 24.4 Å². The monoisotopic (exact) mass is 247 g/mol. The van der Waals surface area contributed by atoms with Crippen LogP contribution in [-0.2, 0) is 9.59 Å². The van der Waals surface area contributed by atoms with Gasteiger partial charge in [0.2, 0.25) is 11.8 Å². The summed E-state index contributed by atoms with van der Waals surface area (Å²) in [6, 6.07) is 7.32. The number of para-hydroxylation sites is 1. The SMILES string of the molecule is CC(NC(=O)CC1CNc2ccccc21)C(N)=O. The molecule has 0 saturated heterocycles. The molecule has 2 rings (SSSR count). The molecule has 0 aromatic heterocycles. The fourth-order valence-electron chi connectivity index (χ4n) is 2.13. The summed E-state index contributed by atoms with van der Waals surface area (Å²) in [5.74, 6) is -0.514. The molecule has 0 bridgehead atoms. The van der Waals surface area contributed by atoms with Crippen LogP contribution in [0.4, 0.5) is 5.69 Å². The Balaban J connectivity index is 1.96. The average molecular weight is 247 g/mol. The molecular formula is C13H17N3O2. The summed E-state index contributed by atoms with van der Waals surface area (Å²) in [5.41, 5.74) is 7.34. The molecule has 2 unspecified atom stereocenters. The highest BCUT2D eigenvalue weighted by Gasteiger charge is 2.24. The van der Waals surface area contributed by atoms with E-state index in [2.05, 4.69) is 10.6 Å². The molecule has 4 N–H and O–H groups in total. The Bertz CT molecular complexity index is 473. The quantitative estimate of drug-likeness (QED) is 0.727. The number of rotatable bonds is 4. The topological polar surface area (TPSA) is 84.2 Å². The number of nitrogens with two attached hydrogens (primary N) is 1. The summed E-state index contributed by atoms with van der Waals surface area (Å²) in [6.07, 6.45) is 0.363. The summed E-state index contributed by atoms with van der Waals surface area (Å²) < 4.78 is 0. The van der Waals surface area contributed by atoms with E-state index in [0.29, 0.717) is 6.42 Å². The zero-order valence-electron chi connectivity index (χ0n) is 10.3. The van der Waals surface area contributed by atoms with Crippen molar-refractivity contribution in [1.82, 2.24) is 5.32 Å². The van der Waals surface area contributed by atoms with E-state index in [1.807, 2.05) is 24.3 Å². The van der Waals surface area contributed by atoms with E-state index in [9.17, 15) is 9.59 Å². The number of carbonyl (C=O) groups excluding carboxylic acids is 2. The van der Waals surface area contributed by atoms with Crippen LogP contribution in [0, 0.1) is 0 Å². The van der Waals surface area contributed by atoms with Crippen LogP contribution in [0.25, 0.3) is 0 Å². The van der Waals surface area contributed by atoms with Gasteiger partial charge in [-0.15, -0.1) is 0 Å². The van der Waals surface area contributed by atoms with Gasteiger partial charge in [-0.3, -0.25) is 9.59 Å². The van der Waals surface area contributed by atoms with Gasteiger partial charge in [0.1, 0.15) is 6.04 Å². The number of carbonyl (C=O) groups is 2. The number of anilines is 1. The Kier molecular flexibility index (Phi) is 3.50. The number of nitrogens with one attached hydrogen (secondary N) is 2. The number of amides is 2. The first kappa shape index (κ1) is 12.4. The first-order valence-corrected chi connectivity index (χ1v) is 5.99. The standard InChI is InChI=1S/C13H17N3O2/c1-8(13(14)18)16-12(17)6-9-7-15-11-5-3-2-4-10(9)11/h2-5,8-9,15H,6-7H2,1H3,(H2,14,18)(H,16,17). The molecule has 5 nitrogen and oxygen atoms in total. The minimum atomic E-state index is -0.623. The second-order valence-electron chi connectivity index (χ2n) is 4.56. The number of benzene rings is 1. The third-order valence-electron chi connectivity index (χ3n) is 3.18. The van der Waals surface area contributed by atoms with Gasteiger partial charge in [-0.2, -0.15) is 0 Å². The van der Waals surface area contributed by atoms with Crippen molar-refractivity contribution >= 4 is 17.5 Å². The van der Waals surface area contributed by atoms with Crippen molar-refractivity contribution in [2.24, 2.45) is 5.73 Å². The summed E-state index contributed by atoms with van der Waals surface area (Å²) >= 11 is 0. The Labute approximate surface area is 106 Å². The summed E-state index contributed by atoms with van der Waals surface area (Å²) in [7, 11) is 0. The zero-order chi connectivity index (χ0) is 13.1. The van der Waals surface area contributed by atoms with Crippen LogP contribution in [0.3, 0.4) is 0 Å². The second kappa shape index (κ2) is 5.08. The van der Waals surface area contributed by atoms with Gasteiger partial charge in [0, 0.05) is 24.6 Å². The maximum Gasteiger partial charge on any atom is 0.239 e. The zero-order valence-corrected chi connectivity index (χ0v) is 10.3. The van der Waals surface area contributed by atoms with Crippen molar-refractivity contribution in [1.29, 1.82) is 0 Å². The molecule has 1 aliphatic heterocycles. The van der Waals surface area contributed by atoms with E-state index in [1.54, 1.807) is 6.92 Å². The van der Waals surface area contributed by atoms with Gasteiger partial charge in [0.15, 0.2) is 0 Å². The van der Waals surface area contributed by atoms with E-state index in [-0.39, 0.29) is 11.8 Å². The van der Waals surface area contributed by atoms with Crippen LogP contribution in [0.1, 0.15) is 24.8 Å². The molecule has 0 aliphatic carbocycles. The van der Waals surface area contributed by atoms with Crippen molar-refractivity contribution in [3.8, 4) is 0 Å². The Morgan fingerprint density at radius 2 is 2.22 bits per heavy atom. The van der Waals surface area contributed by atoms with E-state index in [4.69, 9.17) is 5.73 Å². The molecule has 2 atom stereocenters. The third kappa shape index (κ3) is 2.61. The molecule has 1 aliphatic rings. The number of hydrogen-bond acceptors (Lipinski definition) is 3. The highest BCUT2D eigenvalue weighted by Crippen LogP contribution is 2.32. The third-order valence-corrected chi connectivity index (χ3v) is 3.18. The maximum absolute atomic E-state index is 11.8. The molecule has 0 spiro atoms. The fourth-order valence-corrected chi connectivity index (χ4v) is 2.13. The lowest BCUT2D eigenvalue weighted by Gasteiger charge is -2.13. The predicted octanol–water partition coefficient (Wildman–Crippen LogP) is 0.576. The van der Waals surface area contributed by atoms with Crippen molar-refractivity contribution < 1.29 is 9.59 Å². The molecule has 18 heavy (non-hydrogen) atoms. The van der Waals surface area contributed by atoms with E-state index < -0.39 is 11.9 Å². The normalized spacial score (nSPS) is 18.6. The predicted molar refractivity (Wildman–Crippen MR) is 69.1 cm³/mol. The Morgan fingerprint density at radius 1 is 1.50 bits per heavy atom. The van der Waals surface area contributed by atoms with Crippen molar-refractivity contribution in [3.05, 3.63) is 29.8 Å². The lowest BCUT2D eigenvalue weighted by molar-refractivity contribution is -0.127. The molecule has 1 heterocycles. The lowest BCUT2D eigenvalue weighted by Crippen LogP contribution is -2.42. The molecule has 1 aromatic carbocycles. The summed E-state index contributed by atoms with van der Waals surface area (Å²) in [6.45, 7) is 2.33. The van der Waals surface area contributed by atoms with E-state index >= 15 is 0 Å².